The first-order valence-corrected chi connectivity index (χ1v) is 9.88. The van der Waals surface area contributed by atoms with Gasteiger partial charge in [-0.05, 0) is 67.2 Å². The molecule has 0 fully saturated rings. The number of thiol groups is 1. The predicted molar refractivity (Wildman–Crippen MR) is 112 cm³/mol. The topological polar surface area (TPSA) is 38.3 Å². The lowest BCUT2D eigenvalue weighted by Gasteiger charge is -2.16. The van der Waals surface area contributed by atoms with E-state index >= 15 is 0 Å². The van der Waals surface area contributed by atoms with E-state index in [0.29, 0.717) is 12.3 Å². The molecule has 0 radical (unpaired) electrons. The van der Waals surface area contributed by atoms with Gasteiger partial charge in [-0.25, -0.2) is 0 Å². The van der Waals surface area contributed by atoms with E-state index in [2.05, 4.69) is 63.9 Å². The molecule has 0 spiro atoms. The monoisotopic (exact) mass is 367 g/mol. The highest BCUT2D eigenvalue weighted by Gasteiger charge is 2.18. The van der Waals surface area contributed by atoms with Crippen LogP contribution in [-0.2, 0) is 9.53 Å². The molecule has 0 saturated carbocycles. The van der Waals surface area contributed by atoms with Gasteiger partial charge in [0.05, 0.1) is 6.10 Å². The number of nitrogens with one attached hydrogen (secondary N) is 1. The zero-order valence-corrected chi connectivity index (χ0v) is 17.8. The molecule has 0 bridgehead atoms. The minimum absolute atomic E-state index is 0.0966. The molecule has 0 unspecified atom stereocenters. The molecule has 0 saturated heterocycles. The van der Waals surface area contributed by atoms with E-state index in [1.165, 1.54) is 16.7 Å². The zero-order valence-electron chi connectivity index (χ0n) is 16.9. The third-order valence-corrected chi connectivity index (χ3v) is 4.12. The second-order valence-electron chi connectivity index (χ2n) is 7.09. The molecule has 0 heterocycles. The van der Waals surface area contributed by atoms with Gasteiger partial charge < -0.3 is 10.1 Å². The van der Waals surface area contributed by atoms with Crippen LogP contribution in [0.3, 0.4) is 0 Å². The number of esters is 1. The Morgan fingerprint density at radius 1 is 1.00 bits per heavy atom. The van der Waals surface area contributed by atoms with Gasteiger partial charge in [0.25, 0.3) is 0 Å². The second-order valence-corrected chi connectivity index (χ2v) is 7.45. The molecule has 0 aromatic rings. The van der Waals surface area contributed by atoms with Crippen molar-refractivity contribution >= 4 is 18.6 Å². The quantitative estimate of drug-likeness (QED) is 0.281. The first kappa shape index (κ1) is 24.0. The molecule has 25 heavy (non-hydrogen) atoms. The summed E-state index contributed by atoms with van der Waals surface area (Å²) in [4.78, 5) is 11.9. The van der Waals surface area contributed by atoms with E-state index in [9.17, 15) is 4.79 Å². The Morgan fingerprint density at radius 2 is 1.56 bits per heavy atom. The zero-order chi connectivity index (χ0) is 19.2. The van der Waals surface area contributed by atoms with Crippen LogP contribution in [0.4, 0.5) is 0 Å². The number of carbonyl (C=O) groups is 1. The standard InChI is InChI=1S/C21H37NO2S/c1-16(2)9-7-10-18(5)11-8-12-19(6)13-14-22-20(15-25)21(23)24-17(3)4/h9,11,13,17,20,22,25H,7-8,10,12,14-15H2,1-6H3/b18-11+,19-13+/t20-/m0/s1. The lowest BCUT2D eigenvalue weighted by atomic mass is 10.1. The summed E-state index contributed by atoms with van der Waals surface area (Å²) in [6.07, 6.45) is 11.0. The molecule has 1 atom stereocenters. The molecule has 144 valence electrons. The summed E-state index contributed by atoms with van der Waals surface area (Å²) < 4.78 is 5.22. The van der Waals surface area contributed by atoms with Crippen LogP contribution in [-0.4, -0.2) is 30.4 Å². The molecular formula is C21H37NO2S. The van der Waals surface area contributed by atoms with Crippen molar-refractivity contribution in [2.24, 2.45) is 0 Å². The number of rotatable bonds is 12. The summed E-state index contributed by atoms with van der Waals surface area (Å²) in [7, 11) is 0. The number of hydrogen-bond donors (Lipinski definition) is 2. The van der Waals surface area contributed by atoms with Gasteiger partial charge in [-0.3, -0.25) is 4.79 Å². The van der Waals surface area contributed by atoms with Crippen molar-refractivity contribution < 1.29 is 9.53 Å². The molecule has 0 aliphatic heterocycles. The largest absolute Gasteiger partial charge is 0.462 e. The third-order valence-electron chi connectivity index (χ3n) is 3.76. The Balaban J connectivity index is 4.15. The summed E-state index contributed by atoms with van der Waals surface area (Å²) in [6, 6.07) is -0.355. The number of ether oxygens (including phenoxy) is 1. The van der Waals surface area contributed by atoms with Crippen LogP contribution in [0.25, 0.3) is 0 Å². The smallest absolute Gasteiger partial charge is 0.324 e. The fourth-order valence-electron chi connectivity index (χ4n) is 2.25. The molecule has 0 aliphatic rings. The van der Waals surface area contributed by atoms with Crippen LogP contribution in [0, 0.1) is 0 Å². The lowest BCUT2D eigenvalue weighted by Crippen LogP contribution is -2.40. The Morgan fingerprint density at radius 3 is 2.08 bits per heavy atom. The summed E-state index contributed by atoms with van der Waals surface area (Å²) in [5.41, 5.74) is 4.17. The van der Waals surface area contributed by atoms with E-state index in [1.807, 2.05) is 13.8 Å². The SMILES string of the molecule is CC(C)=CCC/C(C)=C/CC/C(C)=C/CN[C@@H](CS)C(=O)OC(C)C. The Labute approximate surface area is 160 Å². The summed E-state index contributed by atoms with van der Waals surface area (Å²) in [5, 5.41) is 3.19. The van der Waals surface area contributed by atoms with E-state index in [4.69, 9.17) is 4.74 Å². The molecule has 0 rings (SSSR count). The van der Waals surface area contributed by atoms with Gasteiger partial charge in [-0.2, -0.15) is 12.6 Å². The minimum atomic E-state index is -0.355. The van der Waals surface area contributed by atoms with Crippen LogP contribution < -0.4 is 5.32 Å². The average molecular weight is 368 g/mol. The summed E-state index contributed by atoms with van der Waals surface area (Å²) in [6.45, 7) is 13.0. The highest BCUT2D eigenvalue weighted by Crippen LogP contribution is 2.11. The van der Waals surface area contributed by atoms with E-state index in [0.717, 1.165) is 25.7 Å². The molecule has 3 nitrogen and oxygen atoms in total. The van der Waals surface area contributed by atoms with Gasteiger partial charge in [0.15, 0.2) is 0 Å². The van der Waals surface area contributed by atoms with Gasteiger partial charge in [0, 0.05) is 12.3 Å². The van der Waals surface area contributed by atoms with Gasteiger partial charge in [-0.15, -0.1) is 0 Å². The maximum atomic E-state index is 11.9. The van der Waals surface area contributed by atoms with Crippen molar-refractivity contribution in [3.05, 3.63) is 34.9 Å². The molecule has 1 N–H and O–H groups in total. The maximum absolute atomic E-state index is 11.9. The number of allylic oxidation sites excluding steroid dienone is 5. The highest BCUT2D eigenvalue weighted by atomic mass is 32.1. The first-order chi connectivity index (χ1) is 11.8. The number of carbonyl (C=O) groups excluding carboxylic acids is 1. The fraction of sp³-hybridized carbons (Fsp3) is 0.667. The molecule has 0 aliphatic carbocycles. The molecule has 0 amide bonds. The predicted octanol–water partition coefficient (Wildman–Crippen LogP) is 5.25. The average Bonchev–Trinajstić information content (AvgIpc) is 2.50. The molecule has 0 aromatic carbocycles. The van der Waals surface area contributed by atoms with Crippen LogP contribution in [0.5, 0.6) is 0 Å². The van der Waals surface area contributed by atoms with Crippen molar-refractivity contribution in [1.29, 1.82) is 0 Å². The number of hydrogen-bond acceptors (Lipinski definition) is 4. The van der Waals surface area contributed by atoms with Crippen molar-refractivity contribution in [3.8, 4) is 0 Å². The third kappa shape index (κ3) is 13.9. The van der Waals surface area contributed by atoms with Crippen molar-refractivity contribution in [2.45, 2.75) is 79.4 Å². The normalized spacial score (nSPS) is 13.8. The first-order valence-electron chi connectivity index (χ1n) is 9.25. The molecular weight excluding hydrogens is 330 g/mol. The van der Waals surface area contributed by atoms with E-state index in [1.54, 1.807) is 0 Å². The van der Waals surface area contributed by atoms with Crippen molar-refractivity contribution in [2.75, 3.05) is 12.3 Å². The van der Waals surface area contributed by atoms with E-state index in [-0.39, 0.29) is 18.1 Å². The van der Waals surface area contributed by atoms with Crippen molar-refractivity contribution in [1.82, 2.24) is 5.32 Å². The Bertz CT molecular complexity index is 474. The highest BCUT2D eigenvalue weighted by molar-refractivity contribution is 7.80. The van der Waals surface area contributed by atoms with E-state index < -0.39 is 0 Å². The maximum Gasteiger partial charge on any atom is 0.324 e. The Hall–Kier alpha value is -1.00. The van der Waals surface area contributed by atoms with Crippen LogP contribution >= 0.6 is 12.6 Å². The molecule has 4 heteroatoms. The Kier molecular flexibility index (Phi) is 13.6. The van der Waals surface area contributed by atoms with Gasteiger partial charge >= 0.3 is 5.97 Å². The molecule has 0 aromatic heterocycles. The van der Waals surface area contributed by atoms with Gasteiger partial charge in [0.2, 0.25) is 0 Å². The fourth-order valence-corrected chi connectivity index (χ4v) is 2.53. The van der Waals surface area contributed by atoms with Crippen LogP contribution in [0.15, 0.2) is 34.9 Å². The summed E-state index contributed by atoms with van der Waals surface area (Å²) in [5.74, 6) is 0.206. The summed E-state index contributed by atoms with van der Waals surface area (Å²) >= 11 is 4.23. The van der Waals surface area contributed by atoms with Gasteiger partial charge in [0.1, 0.15) is 6.04 Å². The van der Waals surface area contributed by atoms with Crippen molar-refractivity contribution in [3.63, 3.8) is 0 Å². The van der Waals surface area contributed by atoms with Crippen LogP contribution in [0.1, 0.15) is 67.2 Å². The minimum Gasteiger partial charge on any atom is -0.462 e. The second kappa shape index (κ2) is 14.2. The lowest BCUT2D eigenvalue weighted by molar-refractivity contribution is -0.149. The van der Waals surface area contributed by atoms with Crippen LogP contribution in [0.2, 0.25) is 0 Å². The van der Waals surface area contributed by atoms with Gasteiger partial charge in [-0.1, -0.05) is 34.9 Å².